The number of hydrogen-bond donors (Lipinski definition) is 1. The minimum atomic E-state index is -0.972. The van der Waals surface area contributed by atoms with E-state index >= 15 is 0 Å². The van der Waals surface area contributed by atoms with Gasteiger partial charge in [0.2, 0.25) is 0 Å². The van der Waals surface area contributed by atoms with Crippen molar-refractivity contribution >= 4 is 23.5 Å². The molecule has 138 valence electrons. The predicted octanol–water partition coefficient (Wildman–Crippen LogP) is 3.41. The highest BCUT2D eigenvalue weighted by Gasteiger charge is 2.18. The highest BCUT2D eigenvalue weighted by atomic mass is 35.5. The van der Waals surface area contributed by atoms with Crippen LogP contribution in [0, 0.1) is 12.7 Å². The van der Waals surface area contributed by atoms with E-state index in [9.17, 15) is 14.0 Å². The maximum Gasteiger partial charge on any atom is 0.344 e. The molecule has 2 aromatic carbocycles. The first kappa shape index (κ1) is 19.7. The zero-order valence-corrected chi connectivity index (χ0v) is 15.2. The second-order valence-electron chi connectivity index (χ2n) is 5.70. The fourth-order valence-corrected chi connectivity index (χ4v) is 2.27. The van der Waals surface area contributed by atoms with Crippen molar-refractivity contribution < 1.29 is 23.5 Å². The van der Waals surface area contributed by atoms with Gasteiger partial charge in [0.15, 0.2) is 12.7 Å². The summed E-state index contributed by atoms with van der Waals surface area (Å²) < 4.78 is 23.1. The molecule has 0 saturated carbocycles. The predicted molar refractivity (Wildman–Crippen MR) is 95.5 cm³/mol. The number of aryl methyl sites for hydroxylation is 1. The van der Waals surface area contributed by atoms with Crippen LogP contribution in [0.15, 0.2) is 42.5 Å². The SMILES string of the molecule is Cc1ccc(CNC(=O)[C@@H](C)OC(=O)COc2ccc(F)cc2Cl)cc1. The summed E-state index contributed by atoms with van der Waals surface area (Å²) >= 11 is 5.80. The van der Waals surface area contributed by atoms with Gasteiger partial charge in [0, 0.05) is 6.54 Å². The van der Waals surface area contributed by atoms with E-state index in [0.29, 0.717) is 6.54 Å². The number of rotatable bonds is 7. The Hall–Kier alpha value is -2.60. The van der Waals surface area contributed by atoms with Crippen molar-refractivity contribution in [3.63, 3.8) is 0 Å². The minimum Gasteiger partial charge on any atom is -0.480 e. The second-order valence-corrected chi connectivity index (χ2v) is 6.11. The summed E-state index contributed by atoms with van der Waals surface area (Å²) in [5, 5.41) is 2.74. The molecular weight excluding hydrogens is 361 g/mol. The zero-order valence-electron chi connectivity index (χ0n) is 14.4. The number of carbonyl (C=O) groups excluding carboxylic acids is 2. The van der Waals surface area contributed by atoms with E-state index in [2.05, 4.69) is 5.32 Å². The number of esters is 1. The van der Waals surface area contributed by atoms with Gasteiger partial charge in [-0.3, -0.25) is 4.79 Å². The Morgan fingerprint density at radius 1 is 1.19 bits per heavy atom. The van der Waals surface area contributed by atoms with Gasteiger partial charge in [0.05, 0.1) is 5.02 Å². The molecule has 0 radical (unpaired) electrons. The van der Waals surface area contributed by atoms with E-state index in [1.54, 1.807) is 0 Å². The van der Waals surface area contributed by atoms with Crippen molar-refractivity contribution in [1.29, 1.82) is 0 Å². The molecule has 0 heterocycles. The van der Waals surface area contributed by atoms with Crippen LogP contribution in [0.5, 0.6) is 5.75 Å². The largest absolute Gasteiger partial charge is 0.480 e. The molecule has 0 aliphatic heterocycles. The first-order chi connectivity index (χ1) is 12.3. The number of halogens is 2. The van der Waals surface area contributed by atoms with Crippen molar-refractivity contribution in [2.45, 2.75) is 26.5 Å². The standard InChI is InChI=1S/C19H19ClFNO4/c1-12-3-5-14(6-4-12)10-22-19(24)13(2)26-18(23)11-25-17-8-7-15(21)9-16(17)20/h3-9,13H,10-11H2,1-2H3,(H,22,24)/t13-/m1/s1. The molecular formula is C19H19ClFNO4. The van der Waals surface area contributed by atoms with Crippen molar-refractivity contribution in [2.24, 2.45) is 0 Å². The van der Waals surface area contributed by atoms with Crippen molar-refractivity contribution in [3.8, 4) is 5.75 Å². The van der Waals surface area contributed by atoms with Gasteiger partial charge in [-0.15, -0.1) is 0 Å². The van der Waals surface area contributed by atoms with Gasteiger partial charge in [-0.1, -0.05) is 41.4 Å². The lowest BCUT2D eigenvalue weighted by Gasteiger charge is -2.14. The number of ether oxygens (including phenoxy) is 2. The van der Waals surface area contributed by atoms with Gasteiger partial charge in [-0.25, -0.2) is 9.18 Å². The summed E-state index contributed by atoms with van der Waals surface area (Å²) in [5.41, 5.74) is 2.07. The molecule has 0 aromatic heterocycles. The Morgan fingerprint density at radius 2 is 1.88 bits per heavy atom. The number of hydrogen-bond acceptors (Lipinski definition) is 4. The lowest BCUT2D eigenvalue weighted by atomic mass is 10.1. The molecule has 0 bridgehead atoms. The maximum atomic E-state index is 12.9. The van der Waals surface area contributed by atoms with Crippen LogP contribution in [0.3, 0.4) is 0 Å². The van der Waals surface area contributed by atoms with Crippen LogP contribution in [-0.2, 0) is 20.9 Å². The van der Waals surface area contributed by atoms with Gasteiger partial charge in [0.1, 0.15) is 11.6 Å². The van der Waals surface area contributed by atoms with E-state index in [-0.39, 0.29) is 10.8 Å². The summed E-state index contributed by atoms with van der Waals surface area (Å²) in [6, 6.07) is 11.3. The van der Waals surface area contributed by atoms with Gasteiger partial charge >= 0.3 is 5.97 Å². The molecule has 0 aliphatic carbocycles. The third-order valence-corrected chi connectivity index (χ3v) is 3.80. The highest BCUT2D eigenvalue weighted by Crippen LogP contribution is 2.24. The first-order valence-corrected chi connectivity index (χ1v) is 8.33. The van der Waals surface area contributed by atoms with Crippen molar-refractivity contribution in [1.82, 2.24) is 5.32 Å². The Balaban J connectivity index is 1.76. The second kappa shape index (κ2) is 9.20. The summed E-state index contributed by atoms with van der Waals surface area (Å²) in [4.78, 5) is 23.8. The molecule has 0 saturated heterocycles. The molecule has 1 N–H and O–H groups in total. The van der Waals surface area contributed by atoms with E-state index in [0.717, 1.165) is 23.3 Å². The van der Waals surface area contributed by atoms with Gasteiger partial charge < -0.3 is 14.8 Å². The van der Waals surface area contributed by atoms with Gasteiger partial charge in [0.25, 0.3) is 5.91 Å². The topological polar surface area (TPSA) is 64.6 Å². The Kier molecular flexibility index (Phi) is 6.97. The minimum absolute atomic E-state index is 0.0432. The van der Waals surface area contributed by atoms with Crippen LogP contribution in [0.2, 0.25) is 5.02 Å². The van der Waals surface area contributed by atoms with Gasteiger partial charge in [-0.05, 0) is 37.6 Å². The molecule has 0 fully saturated rings. The molecule has 2 rings (SSSR count). The monoisotopic (exact) mass is 379 g/mol. The van der Waals surface area contributed by atoms with Crippen LogP contribution < -0.4 is 10.1 Å². The third kappa shape index (κ3) is 6.04. The molecule has 1 atom stereocenters. The Bertz CT molecular complexity index is 780. The molecule has 1 amide bonds. The number of amides is 1. The number of benzene rings is 2. The van der Waals surface area contributed by atoms with Crippen LogP contribution >= 0.6 is 11.6 Å². The molecule has 5 nitrogen and oxygen atoms in total. The third-order valence-electron chi connectivity index (χ3n) is 3.50. The highest BCUT2D eigenvalue weighted by molar-refractivity contribution is 6.32. The molecule has 7 heteroatoms. The van der Waals surface area contributed by atoms with E-state index < -0.39 is 30.4 Å². The molecule has 0 unspecified atom stereocenters. The van der Waals surface area contributed by atoms with E-state index in [1.165, 1.54) is 13.0 Å². The maximum absolute atomic E-state index is 12.9. The van der Waals surface area contributed by atoms with E-state index in [1.807, 2.05) is 31.2 Å². The average Bonchev–Trinajstić information content (AvgIpc) is 2.60. The fourth-order valence-electron chi connectivity index (χ4n) is 2.05. The average molecular weight is 380 g/mol. The Morgan fingerprint density at radius 3 is 2.54 bits per heavy atom. The Labute approximate surface area is 156 Å². The zero-order chi connectivity index (χ0) is 19.1. The smallest absolute Gasteiger partial charge is 0.344 e. The van der Waals surface area contributed by atoms with Crippen molar-refractivity contribution in [3.05, 3.63) is 64.4 Å². The van der Waals surface area contributed by atoms with Crippen molar-refractivity contribution in [2.75, 3.05) is 6.61 Å². The molecule has 26 heavy (non-hydrogen) atoms. The lowest BCUT2D eigenvalue weighted by Crippen LogP contribution is -2.36. The fraction of sp³-hybridized carbons (Fsp3) is 0.263. The number of nitrogens with one attached hydrogen (secondary N) is 1. The van der Waals surface area contributed by atoms with Gasteiger partial charge in [-0.2, -0.15) is 0 Å². The summed E-state index contributed by atoms with van der Waals surface area (Å²) in [5.74, 6) is -1.51. The summed E-state index contributed by atoms with van der Waals surface area (Å²) in [6.45, 7) is 3.34. The van der Waals surface area contributed by atoms with Crippen LogP contribution in [0.25, 0.3) is 0 Å². The lowest BCUT2D eigenvalue weighted by molar-refractivity contribution is -0.156. The normalized spacial score (nSPS) is 11.5. The molecule has 0 spiro atoms. The first-order valence-electron chi connectivity index (χ1n) is 7.95. The van der Waals surface area contributed by atoms with Crippen LogP contribution in [0.4, 0.5) is 4.39 Å². The quantitative estimate of drug-likeness (QED) is 0.749. The molecule has 0 aliphatic rings. The van der Waals surface area contributed by atoms with Crippen LogP contribution in [-0.4, -0.2) is 24.6 Å². The summed E-state index contributed by atoms with van der Waals surface area (Å²) in [7, 11) is 0. The van der Waals surface area contributed by atoms with E-state index in [4.69, 9.17) is 21.1 Å². The number of carbonyl (C=O) groups is 2. The molecule has 2 aromatic rings. The van der Waals surface area contributed by atoms with Crippen LogP contribution in [0.1, 0.15) is 18.1 Å². The summed E-state index contributed by atoms with van der Waals surface area (Å²) in [6.07, 6.45) is -0.972.